The second-order valence-corrected chi connectivity index (χ2v) is 7.93. The molecular formula is C14H14BrClN2O2S. The predicted octanol–water partition coefficient (Wildman–Crippen LogP) is 4.07. The van der Waals surface area contributed by atoms with Crippen molar-refractivity contribution in [3.05, 3.63) is 51.7 Å². The first-order chi connectivity index (χ1) is 9.77. The van der Waals surface area contributed by atoms with Gasteiger partial charge in [-0.05, 0) is 46.6 Å². The first-order valence-electron chi connectivity index (χ1n) is 6.15. The third kappa shape index (κ3) is 4.18. The van der Waals surface area contributed by atoms with Crippen molar-refractivity contribution in [3.8, 4) is 0 Å². The van der Waals surface area contributed by atoms with Crippen molar-refractivity contribution in [2.45, 2.75) is 17.9 Å². The second kappa shape index (κ2) is 6.34. The molecule has 1 unspecified atom stereocenters. The number of hydrogen-bond donors (Lipinski definition) is 1. The van der Waals surface area contributed by atoms with E-state index in [1.54, 1.807) is 30.5 Å². The molecule has 2 aromatic rings. The zero-order chi connectivity index (χ0) is 15.6. The van der Waals surface area contributed by atoms with E-state index in [2.05, 4.69) is 26.2 Å². The van der Waals surface area contributed by atoms with Crippen molar-refractivity contribution in [1.29, 1.82) is 0 Å². The van der Waals surface area contributed by atoms with E-state index in [0.29, 0.717) is 14.5 Å². The Balaban J connectivity index is 2.16. The maximum absolute atomic E-state index is 11.4. The molecule has 0 bridgehead atoms. The highest BCUT2D eigenvalue weighted by molar-refractivity contribution is 9.10. The van der Waals surface area contributed by atoms with Crippen LogP contribution < -0.4 is 5.32 Å². The third-order valence-electron chi connectivity index (χ3n) is 2.99. The number of pyridine rings is 1. The highest BCUT2D eigenvalue weighted by atomic mass is 79.9. The summed E-state index contributed by atoms with van der Waals surface area (Å²) in [6.45, 7) is 1.98. The van der Waals surface area contributed by atoms with Crippen LogP contribution in [0.3, 0.4) is 0 Å². The van der Waals surface area contributed by atoms with Crippen molar-refractivity contribution in [2.75, 3.05) is 11.6 Å². The molecule has 0 aliphatic carbocycles. The Bertz CT molecular complexity index is 748. The fourth-order valence-electron chi connectivity index (χ4n) is 1.84. The molecule has 0 spiro atoms. The van der Waals surface area contributed by atoms with Gasteiger partial charge in [-0.1, -0.05) is 23.7 Å². The summed E-state index contributed by atoms with van der Waals surface area (Å²) in [4.78, 5) is 4.36. The number of sulfone groups is 1. The van der Waals surface area contributed by atoms with Crippen molar-refractivity contribution in [2.24, 2.45) is 0 Å². The van der Waals surface area contributed by atoms with E-state index in [4.69, 9.17) is 11.6 Å². The zero-order valence-electron chi connectivity index (χ0n) is 11.5. The molecule has 1 N–H and O–H groups in total. The summed E-state index contributed by atoms with van der Waals surface area (Å²) in [7, 11) is -3.17. The van der Waals surface area contributed by atoms with Crippen LogP contribution in [0.2, 0.25) is 5.15 Å². The molecule has 1 heterocycles. The van der Waals surface area contributed by atoms with Gasteiger partial charge in [-0.3, -0.25) is 0 Å². The molecule has 1 atom stereocenters. The van der Waals surface area contributed by atoms with Crippen LogP contribution in [-0.2, 0) is 9.84 Å². The molecule has 0 saturated carbocycles. The number of nitrogens with zero attached hydrogens (tertiary/aromatic N) is 1. The Kier molecular flexibility index (Phi) is 4.91. The molecule has 0 aliphatic rings. The van der Waals surface area contributed by atoms with Crippen LogP contribution in [0.1, 0.15) is 18.5 Å². The first-order valence-corrected chi connectivity index (χ1v) is 9.21. The van der Waals surface area contributed by atoms with Gasteiger partial charge in [0.2, 0.25) is 0 Å². The van der Waals surface area contributed by atoms with Gasteiger partial charge < -0.3 is 5.32 Å². The third-order valence-corrected chi connectivity index (χ3v) is 5.25. The van der Waals surface area contributed by atoms with Gasteiger partial charge in [0, 0.05) is 12.3 Å². The normalized spacial score (nSPS) is 13.0. The number of anilines is 1. The van der Waals surface area contributed by atoms with Gasteiger partial charge in [0.15, 0.2) is 9.84 Å². The average molecular weight is 390 g/mol. The van der Waals surface area contributed by atoms with Crippen LogP contribution in [0.25, 0.3) is 0 Å². The minimum Gasteiger partial charge on any atom is -0.377 e. The minimum atomic E-state index is -3.17. The van der Waals surface area contributed by atoms with Gasteiger partial charge in [-0.25, -0.2) is 13.4 Å². The fraction of sp³-hybridized carbons (Fsp3) is 0.214. The van der Waals surface area contributed by atoms with Crippen LogP contribution >= 0.6 is 27.5 Å². The lowest BCUT2D eigenvalue weighted by Crippen LogP contribution is -2.07. The summed E-state index contributed by atoms with van der Waals surface area (Å²) in [6, 6.07) is 8.67. The number of aromatic nitrogens is 1. The van der Waals surface area contributed by atoms with E-state index in [0.717, 1.165) is 11.3 Å². The minimum absolute atomic E-state index is 0.00786. The predicted molar refractivity (Wildman–Crippen MR) is 88.5 cm³/mol. The van der Waals surface area contributed by atoms with Crippen LogP contribution in [-0.4, -0.2) is 19.7 Å². The van der Waals surface area contributed by atoms with Gasteiger partial charge in [-0.15, -0.1) is 0 Å². The van der Waals surface area contributed by atoms with E-state index >= 15 is 0 Å². The lowest BCUT2D eigenvalue weighted by atomic mass is 10.1. The van der Waals surface area contributed by atoms with Crippen LogP contribution in [0.4, 0.5) is 5.69 Å². The largest absolute Gasteiger partial charge is 0.377 e. The molecule has 112 valence electrons. The molecule has 0 saturated heterocycles. The number of benzene rings is 1. The maximum atomic E-state index is 11.4. The van der Waals surface area contributed by atoms with Crippen LogP contribution in [0.5, 0.6) is 0 Å². The molecule has 21 heavy (non-hydrogen) atoms. The fourth-order valence-corrected chi connectivity index (χ4v) is 2.92. The maximum Gasteiger partial charge on any atom is 0.175 e. The number of halogens is 2. The summed E-state index contributed by atoms with van der Waals surface area (Å²) in [5.74, 6) is 0. The molecule has 2 rings (SSSR count). The number of hydrogen-bond acceptors (Lipinski definition) is 4. The molecular weight excluding hydrogens is 376 g/mol. The van der Waals surface area contributed by atoms with E-state index in [-0.39, 0.29) is 6.04 Å². The topological polar surface area (TPSA) is 59.1 Å². The SMILES string of the molecule is CC(Nc1cnc(Cl)c(Br)c1)c1ccc(S(C)(=O)=O)cc1. The second-order valence-electron chi connectivity index (χ2n) is 4.70. The molecule has 0 aliphatic heterocycles. The van der Waals surface area contributed by atoms with Gasteiger partial charge >= 0.3 is 0 Å². The van der Waals surface area contributed by atoms with E-state index in [1.807, 2.05) is 13.0 Å². The van der Waals surface area contributed by atoms with Crippen LogP contribution in [0.15, 0.2) is 45.9 Å². The van der Waals surface area contributed by atoms with Crippen molar-refractivity contribution in [3.63, 3.8) is 0 Å². The molecule has 4 nitrogen and oxygen atoms in total. The lowest BCUT2D eigenvalue weighted by Gasteiger charge is -2.16. The summed E-state index contributed by atoms with van der Waals surface area (Å²) < 4.78 is 23.6. The smallest absolute Gasteiger partial charge is 0.175 e. The molecule has 0 fully saturated rings. The number of nitrogens with one attached hydrogen (secondary N) is 1. The van der Waals surface area contributed by atoms with Gasteiger partial charge in [0.25, 0.3) is 0 Å². The molecule has 1 aromatic carbocycles. The summed E-state index contributed by atoms with van der Waals surface area (Å²) in [5, 5.41) is 3.69. The average Bonchev–Trinajstić information content (AvgIpc) is 2.42. The number of rotatable bonds is 4. The Morgan fingerprint density at radius 2 is 1.90 bits per heavy atom. The summed E-state index contributed by atoms with van der Waals surface area (Å²) in [6.07, 6.45) is 2.84. The van der Waals surface area contributed by atoms with E-state index in [1.165, 1.54) is 6.26 Å². The van der Waals surface area contributed by atoms with E-state index in [9.17, 15) is 8.42 Å². The van der Waals surface area contributed by atoms with Crippen LogP contribution in [0, 0.1) is 0 Å². The Hall–Kier alpha value is -1.11. The van der Waals surface area contributed by atoms with Crippen molar-refractivity contribution in [1.82, 2.24) is 4.98 Å². The summed E-state index contributed by atoms with van der Waals surface area (Å²) in [5.41, 5.74) is 1.81. The Labute approximate surface area is 137 Å². The Morgan fingerprint density at radius 1 is 1.29 bits per heavy atom. The lowest BCUT2D eigenvalue weighted by molar-refractivity contribution is 0.602. The molecule has 0 amide bonds. The quantitative estimate of drug-likeness (QED) is 0.801. The first kappa shape index (κ1) is 16.3. The molecule has 7 heteroatoms. The highest BCUT2D eigenvalue weighted by Gasteiger charge is 2.10. The zero-order valence-corrected chi connectivity index (χ0v) is 14.6. The van der Waals surface area contributed by atoms with Crippen molar-refractivity contribution >= 4 is 43.1 Å². The van der Waals surface area contributed by atoms with E-state index < -0.39 is 9.84 Å². The monoisotopic (exact) mass is 388 g/mol. The van der Waals surface area contributed by atoms with Gasteiger partial charge in [-0.2, -0.15) is 0 Å². The molecule has 1 aromatic heterocycles. The van der Waals surface area contributed by atoms with Gasteiger partial charge in [0.05, 0.1) is 21.3 Å². The summed E-state index contributed by atoms with van der Waals surface area (Å²) >= 11 is 9.17. The highest BCUT2D eigenvalue weighted by Crippen LogP contribution is 2.26. The van der Waals surface area contributed by atoms with Gasteiger partial charge in [0.1, 0.15) is 5.15 Å². The van der Waals surface area contributed by atoms with Crippen molar-refractivity contribution < 1.29 is 8.42 Å². The Morgan fingerprint density at radius 3 is 2.43 bits per heavy atom. The standard InChI is InChI=1S/C14H14BrClN2O2S/c1-9(18-11-7-13(15)14(16)17-8-11)10-3-5-12(6-4-10)21(2,19)20/h3-9,18H,1-2H3. The molecule has 0 radical (unpaired) electrons.